The summed E-state index contributed by atoms with van der Waals surface area (Å²) in [4.78, 5) is 9.55. The van der Waals surface area contributed by atoms with Gasteiger partial charge in [-0.05, 0) is 154 Å². The van der Waals surface area contributed by atoms with E-state index in [0.29, 0.717) is 23.3 Å². The molecule has 0 amide bonds. The summed E-state index contributed by atoms with van der Waals surface area (Å²) in [5, 5.41) is 2.30. The first-order valence-corrected chi connectivity index (χ1v) is 22.5. The summed E-state index contributed by atoms with van der Waals surface area (Å²) in [5.74, 6) is 5.21. The molecule has 13 rings (SSSR count). The number of pyridine rings is 1. The van der Waals surface area contributed by atoms with Crippen LogP contribution in [0.25, 0.3) is 38.8 Å². The molecule has 0 N–H and O–H groups in total. The van der Waals surface area contributed by atoms with E-state index < -0.39 is 0 Å². The first-order valence-electron chi connectivity index (χ1n) is 22.5. The third-order valence-corrected chi connectivity index (χ3v) is 15.0. The van der Waals surface area contributed by atoms with Crippen LogP contribution in [0, 0.1) is 70.2 Å². The summed E-state index contributed by atoms with van der Waals surface area (Å²) in [6.07, 6.45) is 8.79. The zero-order valence-corrected chi connectivity index (χ0v) is 38.8. The van der Waals surface area contributed by atoms with E-state index >= 15 is 0 Å². The van der Waals surface area contributed by atoms with Crippen LogP contribution in [0.3, 0.4) is 0 Å². The van der Waals surface area contributed by atoms with Gasteiger partial charge in [-0.1, -0.05) is 83.4 Å². The van der Waals surface area contributed by atoms with Crippen molar-refractivity contribution in [3.8, 4) is 28.4 Å². The van der Waals surface area contributed by atoms with E-state index in [-0.39, 0.29) is 26.5 Å². The maximum atomic E-state index is 6.92. The van der Waals surface area contributed by atoms with Crippen molar-refractivity contribution in [3.05, 3.63) is 180 Å². The van der Waals surface area contributed by atoms with Crippen LogP contribution in [0.15, 0.2) is 128 Å². The zero-order valence-electron chi connectivity index (χ0n) is 36.6. The number of hydrogen-bond donors (Lipinski definition) is 0. The molecule has 4 aliphatic carbocycles. The number of hydrogen-bond acceptors (Lipinski definition) is 4. The Bertz CT molecular complexity index is 3020. The Balaban J connectivity index is 0.00000444. The maximum absolute atomic E-state index is 6.92. The molecule has 318 valence electrons. The van der Waals surface area contributed by atoms with Gasteiger partial charge < -0.3 is 19.1 Å². The molecule has 5 nitrogen and oxygen atoms in total. The van der Waals surface area contributed by atoms with Crippen molar-refractivity contribution in [1.82, 2.24) is 9.55 Å². The molecule has 4 saturated carbocycles. The van der Waals surface area contributed by atoms with Gasteiger partial charge in [0.1, 0.15) is 5.82 Å². The number of para-hydroxylation sites is 3. The standard InChI is InChI=1S/C57H51N4O.Pt/c1-35-14-16-42(17-15-35)57(44-25-39-24-40(27-44)28-45(57)26-39)43-20-21-58-55(31-43)61-51-11-7-6-10-49(51)50-19-18-47(33-54(50)61)62-48-30-41(56-37(3)22-36(2)23-38(56)4)29-46(32-48)60-34-59(5)52-12-8-9-13-53(52)60;/h6-23,29-31,34,39-40,44-45H,24-28H2,1-5H3;/q-3;. The predicted molar refractivity (Wildman–Crippen MR) is 253 cm³/mol. The molecule has 4 bridgehead atoms. The summed E-state index contributed by atoms with van der Waals surface area (Å²) in [7, 11) is 2.09. The third kappa shape index (κ3) is 6.40. The van der Waals surface area contributed by atoms with Gasteiger partial charge in [-0.3, -0.25) is 0 Å². The van der Waals surface area contributed by atoms with Crippen LogP contribution in [0.4, 0.5) is 17.1 Å². The van der Waals surface area contributed by atoms with E-state index in [0.717, 1.165) is 56.7 Å². The fourth-order valence-electron chi connectivity index (χ4n) is 12.9. The molecular formula is C57H51N4OPt-3. The molecule has 1 aliphatic heterocycles. The number of aryl methyl sites for hydroxylation is 4. The fourth-order valence-corrected chi connectivity index (χ4v) is 12.9. The molecule has 3 heterocycles. The van der Waals surface area contributed by atoms with Gasteiger partial charge in [-0.2, -0.15) is 12.7 Å². The van der Waals surface area contributed by atoms with Crippen molar-refractivity contribution < 1.29 is 25.8 Å². The summed E-state index contributed by atoms with van der Waals surface area (Å²) in [5.41, 5.74) is 15.4. The molecule has 4 fully saturated rings. The average molecular weight is 1000 g/mol. The van der Waals surface area contributed by atoms with Gasteiger partial charge in [0.05, 0.1) is 0 Å². The summed E-state index contributed by atoms with van der Waals surface area (Å²) >= 11 is 0. The van der Waals surface area contributed by atoms with E-state index in [1.54, 1.807) is 0 Å². The number of benzene rings is 6. The number of nitrogens with zero attached hydrogens (tertiary/aromatic N) is 4. The largest absolute Gasteiger partial charge is 0.509 e. The quantitative estimate of drug-likeness (QED) is 0.149. The second-order valence-corrected chi connectivity index (χ2v) is 19.0. The Morgan fingerprint density at radius 3 is 2.10 bits per heavy atom. The van der Waals surface area contributed by atoms with Crippen LogP contribution in [-0.4, -0.2) is 16.6 Å². The smallest absolute Gasteiger partial charge is 0.135 e. The van der Waals surface area contributed by atoms with Crippen LogP contribution >= 0.6 is 0 Å². The van der Waals surface area contributed by atoms with Crippen molar-refractivity contribution in [2.75, 3.05) is 16.8 Å². The Morgan fingerprint density at radius 2 is 1.35 bits per heavy atom. The second kappa shape index (κ2) is 15.3. The van der Waals surface area contributed by atoms with Crippen LogP contribution in [0.5, 0.6) is 11.5 Å². The molecule has 2 aromatic heterocycles. The molecule has 0 unspecified atom stereocenters. The van der Waals surface area contributed by atoms with Crippen LogP contribution in [0.1, 0.15) is 65.5 Å². The van der Waals surface area contributed by atoms with Gasteiger partial charge in [0.15, 0.2) is 0 Å². The molecule has 8 aromatic rings. The van der Waals surface area contributed by atoms with Gasteiger partial charge in [0, 0.05) is 61.1 Å². The number of ether oxygens (including phenoxy) is 1. The fraction of sp³-hybridized carbons (Fsp3) is 0.263. The molecule has 6 aromatic carbocycles. The van der Waals surface area contributed by atoms with Crippen LogP contribution in [0.2, 0.25) is 0 Å². The molecule has 0 atom stereocenters. The molecular weight excluding hydrogens is 952 g/mol. The first kappa shape index (κ1) is 40.2. The molecule has 6 heteroatoms. The second-order valence-electron chi connectivity index (χ2n) is 19.0. The van der Waals surface area contributed by atoms with Crippen molar-refractivity contribution in [1.29, 1.82) is 0 Å². The SMILES string of the molecule is Cc1ccc(C2(c3ccnc(-n4c5[c-]c(Oc6[c-]c(N7[CH-]N(C)c8ccccc87)cc(-c7c(C)cc(C)cc7C)c6)ccc5c5ccccc54)c3)C3CC4CC(C3)CC2C4)cc1.[Pt]. The van der Waals surface area contributed by atoms with Crippen LogP contribution in [-0.2, 0) is 26.5 Å². The average Bonchev–Trinajstić information content (AvgIpc) is 3.78. The molecule has 63 heavy (non-hydrogen) atoms. The Morgan fingerprint density at radius 1 is 0.651 bits per heavy atom. The molecule has 0 radical (unpaired) electrons. The van der Waals surface area contributed by atoms with Gasteiger partial charge >= 0.3 is 0 Å². The Kier molecular flexibility index (Phi) is 9.73. The normalized spacial score (nSPS) is 22.2. The van der Waals surface area contributed by atoms with E-state index in [1.807, 2.05) is 0 Å². The molecule has 5 aliphatic rings. The summed E-state index contributed by atoms with van der Waals surface area (Å²) < 4.78 is 9.24. The molecule has 0 saturated heterocycles. The van der Waals surface area contributed by atoms with Gasteiger partial charge in [0.2, 0.25) is 0 Å². The van der Waals surface area contributed by atoms with Crippen molar-refractivity contribution in [2.45, 2.75) is 65.2 Å². The Hall–Kier alpha value is -5.64. The number of fused-ring (bicyclic) bond motifs is 4. The first-order chi connectivity index (χ1) is 30.2. The van der Waals surface area contributed by atoms with E-state index in [1.165, 1.54) is 76.4 Å². The van der Waals surface area contributed by atoms with Crippen molar-refractivity contribution in [3.63, 3.8) is 0 Å². The van der Waals surface area contributed by atoms with E-state index in [4.69, 9.17) is 9.72 Å². The summed E-state index contributed by atoms with van der Waals surface area (Å²) in [6, 6.07) is 52.1. The maximum Gasteiger partial charge on any atom is 0.135 e. The van der Waals surface area contributed by atoms with E-state index in [2.05, 4.69) is 195 Å². The minimum Gasteiger partial charge on any atom is -0.509 e. The zero-order chi connectivity index (χ0) is 41.9. The van der Waals surface area contributed by atoms with Gasteiger partial charge in [0.25, 0.3) is 0 Å². The Labute approximate surface area is 386 Å². The van der Waals surface area contributed by atoms with Gasteiger partial charge in [-0.25, -0.2) is 4.98 Å². The minimum atomic E-state index is -0.0234. The molecule has 0 spiro atoms. The minimum absolute atomic E-state index is 0. The number of aromatic nitrogens is 2. The topological polar surface area (TPSA) is 33.5 Å². The van der Waals surface area contributed by atoms with E-state index in [9.17, 15) is 0 Å². The monoisotopic (exact) mass is 1000 g/mol. The summed E-state index contributed by atoms with van der Waals surface area (Å²) in [6.45, 7) is 10.9. The predicted octanol–water partition coefficient (Wildman–Crippen LogP) is 13.9. The van der Waals surface area contributed by atoms with Crippen LogP contribution < -0.4 is 14.5 Å². The van der Waals surface area contributed by atoms with Gasteiger partial charge in [-0.15, -0.1) is 47.0 Å². The third-order valence-electron chi connectivity index (χ3n) is 15.0. The number of anilines is 3. The number of rotatable bonds is 7. The van der Waals surface area contributed by atoms with Crippen molar-refractivity contribution >= 4 is 38.9 Å². The van der Waals surface area contributed by atoms with Crippen molar-refractivity contribution in [2.24, 2.45) is 23.7 Å².